The smallest absolute Gasteiger partial charge is 0.231 e. The van der Waals surface area contributed by atoms with Crippen molar-refractivity contribution >= 4 is 15.9 Å². The molecule has 114 valence electrons. The summed E-state index contributed by atoms with van der Waals surface area (Å²) in [4.78, 5) is 4.44. The van der Waals surface area contributed by atoms with Crippen LogP contribution in [0.4, 0.5) is 4.39 Å². The summed E-state index contributed by atoms with van der Waals surface area (Å²) in [7, 11) is 0. The molecule has 21 heavy (non-hydrogen) atoms. The predicted octanol–water partition coefficient (Wildman–Crippen LogP) is 4.13. The van der Waals surface area contributed by atoms with Crippen molar-refractivity contribution in [1.29, 1.82) is 0 Å². The van der Waals surface area contributed by atoms with Gasteiger partial charge in [0, 0.05) is 11.6 Å². The fourth-order valence-corrected chi connectivity index (χ4v) is 2.66. The quantitative estimate of drug-likeness (QED) is 0.846. The Morgan fingerprint density at radius 2 is 2.14 bits per heavy atom. The van der Waals surface area contributed by atoms with Crippen LogP contribution in [-0.4, -0.2) is 22.7 Å². The van der Waals surface area contributed by atoms with Gasteiger partial charge in [0.2, 0.25) is 11.7 Å². The Kier molecular flexibility index (Phi) is 5.47. The number of likely N-dealkylation sites (N-methyl/N-ethyl adjacent to an activating group) is 1. The Labute approximate surface area is 132 Å². The summed E-state index contributed by atoms with van der Waals surface area (Å²) in [6.07, 6.45) is 0.981. The highest BCUT2D eigenvalue weighted by Crippen LogP contribution is 2.26. The minimum Gasteiger partial charge on any atom is -0.339 e. The molecular formula is C15H19BrFN3O. The van der Waals surface area contributed by atoms with Gasteiger partial charge in [0.25, 0.3) is 0 Å². The molecule has 1 heterocycles. The van der Waals surface area contributed by atoms with Crippen LogP contribution in [0.25, 0.3) is 11.4 Å². The maximum absolute atomic E-state index is 13.3. The minimum atomic E-state index is -0.311. The summed E-state index contributed by atoms with van der Waals surface area (Å²) in [6.45, 7) is 7.16. The highest BCUT2D eigenvalue weighted by Gasteiger charge is 2.22. The van der Waals surface area contributed by atoms with E-state index in [4.69, 9.17) is 4.52 Å². The van der Waals surface area contributed by atoms with Crippen LogP contribution in [0, 0.1) is 5.82 Å². The van der Waals surface area contributed by atoms with Crippen molar-refractivity contribution in [3.63, 3.8) is 0 Å². The number of rotatable bonds is 6. The molecule has 0 amide bonds. The van der Waals surface area contributed by atoms with E-state index in [-0.39, 0.29) is 11.7 Å². The maximum Gasteiger partial charge on any atom is 0.231 e. The topological polar surface area (TPSA) is 51.0 Å². The van der Waals surface area contributed by atoms with Crippen LogP contribution < -0.4 is 5.32 Å². The number of nitrogens with zero attached hydrogens (tertiary/aromatic N) is 2. The fraction of sp³-hybridized carbons (Fsp3) is 0.467. The van der Waals surface area contributed by atoms with Crippen LogP contribution >= 0.6 is 15.9 Å². The van der Waals surface area contributed by atoms with E-state index in [1.165, 1.54) is 6.07 Å². The molecule has 1 aromatic carbocycles. The standard InChI is InChI=1S/C15H19BrFN3O/c1-4-13(18-5-2)9(3)15-19-14(20-21-15)10-6-7-12(17)11(16)8-10/h6-9,13,18H,4-5H2,1-3H3. The van der Waals surface area contributed by atoms with Crippen molar-refractivity contribution in [2.75, 3.05) is 6.54 Å². The van der Waals surface area contributed by atoms with Crippen molar-refractivity contribution in [3.8, 4) is 11.4 Å². The molecule has 0 bridgehead atoms. The summed E-state index contributed by atoms with van der Waals surface area (Å²) < 4.78 is 19.0. The van der Waals surface area contributed by atoms with Gasteiger partial charge in [-0.2, -0.15) is 4.98 Å². The van der Waals surface area contributed by atoms with E-state index in [0.29, 0.717) is 22.2 Å². The molecule has 1 aromatic heterocycles. The minimum absolute atomic E-state index is 0.125. The van der Waals surface area contributed by atoms with Gasteiger partial charge in [-0.15, -0.1) is 0 Å². The molecule has 4 nitrogen and oxygen atoms in total. The van der Waals surface area contributed by atoms with E-state index in [9.17, 15) is 4.39 Å². The van der Waals surface area contributed by atoms with E-state index in [1.54, 1.807) is 12.1 Å². The highest BCUT2D eigenvalue weighted by molar-refractivity contribution is 9.10. The highest BCUT2D eigenvalue weighted by atomic mass is 79.9. The van der Waals surface area contributed by atoms with E-state index >= 15 is 0 Å². The first-order valence-corrected chi connectivity index (χ1v) is 7.88. The maximum atomic E-state index is 13.3. The van der Waals surface area contributed by atoms with Gasteiger partial charge in [-0.05, 0) is 47.1 Å². The number of hydrogen-bond acceptors (Lipinski definition) is 4. The Morgan fingerprint density at radius 1 is 1.38 bits per heavy atom. The van der Waals surface area contributed by atoms with E-state index in [1.807, 2.05) is 0 Å². The number of aromatic nitrogens is 2. The summed E-state index contributed by atoms with van der Waals surface area (Å²) in [5.74, 6) is 0.885. The van der Waals surface area contributed by atoms with Crippen molar-refractivity contribution in [1.82, 2.24) is 15.5 Å². The first kappa shape index (κ1) is 16.1. The Hall–Kier alpha value is -1.27. The lowest BCUT2D eigenvalue weighted by Gasteiger charge is -2.20. The van der Waals surface area contributed by atoms with Crippen LogP contribution in [0.3, 0.4) is 0 Å². The number of hydrogen-bond donors (Lipinski definition) is 1. The van der Waals surface area contributed by atoms with Crippen LogP contribution in [0.15, 0.2) is 27.2 Å². The third-order valence-corrected chi connectivity index (χ3v) is 4.13. The van der Waals surface area contributed by atoms with E-state index < -0.39 is 0 Å². The molecule has 0 saturated carbocycles. The van der Waals surface area contributed by atoms with Crippen LogP contribution in [0.5, 0.6) is 0 Å². The van der Waals surface area contributed by atoms with Crippen molar-refractivity contribution in [2.24, 2.45) is 0 Å². The van der Waals surface area contributed by atoms with E-state index in [0.717, 1.165) is 18.5 Å². The molecule has 0 fully saturated rings. The monoisotopic (exact) mass is 355 g/mol. The van der Waals surface area contributed by atoms with Gasteiger partial charge in [-0.25, -0.2) is 4.39 Å². The average molecular weight is 356 g/mol. The molecule has 6 heteroatoms. The molecule has 2 unspecified atom stereocenters. The lowest BCUT2D eigenvalue weighted by Crippen LogP contribution is -2.33. The van der Waals surface area contributed by atoms with Gasteiger partial charge >= 0.3 is 0 Å². The molecule has 0 radical (unpaired) electrons. The summed E-state index contributed by atoms with van der Waals surface area (Å²) in [5.41, 5.74) is 0.724. The third kappa shape index (κ3) is 3.68. The van der Waals surface area contributed by atoms with Gasteiger partial charge in [0.1, 0.15) is 5.82 Å². The zero-order valence-electron chi connectivity index (χ0n) is 12.4. The predicted molar refractivity (Wildman–Crippen MR) is 83.6 cm³/mol. The molecule has 0 aliphatic heterocycles. The van der Waals surface area contributed by atoms with Gasteiger partial charge in [-0.1, -0.05) is 25.9 Å². The molecular weight excluding hydrogens is 337 g/mol. The van der Waals surface area contributed by atoms with Gasteiger partial charge in [0.15, 0.2) is 0 Å². The molecule has 0 spiro atoms. The Bertz CT molecular complexity index is 602. The lowest BCUT2D eigenvalue weighted by molar-refractivity contribution is 0.321. The van der Waals surface area contributed by atoms with Gasteiger partial charge in [0.05, 0.1) is 10.4 Å². The zero-order chi connectivity index (χ0) is 15.4. The summed E-state index contributed by atoms with van der Waals surface area (Å²) in [5, 5.41) is 7.41. The number of nitrogens with one attached hydrogen (secondary N) is 1. The zero-order valence-corrected chi connectivity index (χ0v) is 13.9. The van der Waals surface area contributed by atoms with Gasteiger partial charge in [-0.3, -0.25) is 0 Å². The summed E-state index contributed by atoms with van der Waals surface area (Å²) in [6, 6.07) is 4.96. The molecule has 2 aromatic rings. The van der Waals surface area contributed by atoms with E-state index in [2.05, 4.69) is 52.2 Å². The SMILES string of the molecule is CCNC(CC)C(C)c1nc(-c2ccc(F)c(Br)c2)no1. The van der Waals surface area contributed by atoms with Gasteiger partial charge < -0.3 is 9.84 Å². The fourth-order valence-electron chi connectivity index (χ4n) is 2.28. The lowest BCUT2D eigenvalue weighted by atomic mass is 9.99. The van der Waals surface area contributed by atoms with Crippen molar-refractivity contribution < 1.29 is 8.91 Å². The van der Waals surface area contributed by atoms with Crippen molar-refractivity contribution in [3.05, 3.63) is 34.4 Å². The third-order valence-electron chi connectivity index (χ3n) is 3.52. The average Bonchev–Trinajstić information content (AvgIpc) is 2.96. The van der Waals surface area contributed by atoms with Crippen LogP contribution in [0.2, 0.25) is 0 Å². The first-order valence-electron chi connectivity index (χ1n) is 7.09. The molecule has 2 rings (SSSR count). The molecule has 1 N–H and O–H groups in total. The number of halogens is 2. The normalized spacial score (nSPS) is 14.1. The largest absolute Gasteiger partial charge is 0.339 e. The Morgan fingerprint density at radius 3 is 2.76 bits per heavy atom. The van der Waals surface area contributed by atoms with Crippen LogP contribution in [-0.2, 0) is 0 Å². The van der Waals surface area contributed by atoms with Crippen LogP contribution in [0.1, 0.15) is 39.0 Å². The second-order valence-electron chi connectivity index (χ2n) is 4.95. The second-order valence-corrected chi connectivity index (χ2v) is 5.80. The molecule has 0 aliphatic rings. The summed E-state index contributed by atoms with van der Waals surface area (Å²) >= 11 is 3.16. The second kappa shape index (κ2) is 7.13. The Balaban J connectivity index is 2.22. The van der Waals surface area contributed by atoms with Crippen molar-refractivity contribution in [2.45, 2.75) is 39.2 Å². The first-order chi connectivity index (χ1) is 10.1. The molecule has 2 atom stereocenters. The molecule has 0 aliphatic carbocycles. The molecule has 0 saturated heterocycles. The number of benzene rings is 1.